The quantitative estimate of drug-likeness (QED) is 0.0173. The highest BCUT2D eigenvalue weighted by molar-refractivity contribution is 5.69. The number of esters is 1. The van der Waals surface area contributed by atoms with E-state index in [1.807, 2.05) is 0 Å². The summed E-state index contributed by atoms with van der Waals surface area (Å²) < 4.78 is 34.3. The summed E-state index contributed by atoms with van der Waals surface area (Å²) in [6.07, 6.45) is 30.5. The first-order valence-electron chi connectivity index (χ1n) is 27.1. The molecular formula is C54H98O14. The summed E-state index contributed by atoms with van der Waals surface area (Å²) in [7, 11) is 0. The molecular weight excluding hydrogens is 873 g/mol. The van der Waals surface area contributed by atoms with E-state index in [4.69, 9.17) is 28.4 Å². The molecule has 7 N–H and O–H groups in total. The Balaban J connectivity index is 1.76. The van der Waals surface area contributed by atoms with Gasteiger partial charge in [0.2, 0.25) is 0 Å². The molecule has 2 rings (SSSR count). The van der Waals surface area contributed by atoms with Crippen LogP contribution in [0, 0.1) is 0 Å². The lowest BCUT2D eigenvalue weighted by molar-refractivity contribution is -0.332. The SMILES string of the molecule is CCCCC/C=C\C/C=C\CCCCCCCCOCC(COC1OC(COC2OC(CO)C(O)C(O)C2O)C(O)C(O)C1O)OC(=O)CCCCCCCCC/C=C\CCCCCCCCC. The Morgan fingerprint density at radius 3 is 1.46 bits per heavy atom. The van der Waals surface area contributed by atoms with Gasteiger partial charge in [0.25, 0.3) is 0 Å². The zero-order valence-electron chi connectivity index (χ0n) is 42.3. The van der Waals surface area contributed by atoms with Crippen LogP contribution in [-0.2, 0) is 33.2 Å². The number of hydrogen-bond acceptors (Lipinski definition) is 14. The Morgan fingerprint density at radius 2 is 0.912 bits per heavy atom. The van der Waals surface area contributed by atoms with Crippen LogP contribution in [0.15, 0.2) is 36.5 Å². The van der Waals surface area contributed by atoms with Crippen LogP contribution in [-0.4, -0.2) is 142 Å². The summed E-state index contributed by atoms with van der Waals surface area (Å²) >= 11 is 0. The molecule has 0 amide bonds. The van der Waals surface area contributed by atoms with E-state index in [1.54, 1.807) is 0 Å². The average molecular weight is 971 g/mol. The van der Waals surface area contributed by atoms with Gasteiger partial charge < -0.3 is 64.2 Å². The zero-order valence-corrected chi connectivity index (χ0v) is 42.3. The molecule has 0 radical (unpaired) electrons. The molecule has 0 bridgehead atoms. The monoisotopic (exact) mass is 971 g/mol. The third kappa shape index (κ3) is 28.9. The Bertz CT molecular complexity index is 1260. The summed E-state index contributed by atoms with van der Waals surface area (Å²) in [5.74, 6) is -0.384. The molecule has 11 unspecified atom stereocenters. The summed E-state index contributed by atoms with van der Waals surface area (Å²) in [5, 5.41) is 72.2. The molecule has 2 aliphatic rings. The maximum Gasteiger partial charge on any atom is 0.306 e. The maximum atomic E-state index is 13.0. The Hall–Kier alpha value is -1.79. The van der Waals surface area contributed by atoms with E-state index in [9.17, 15) is 40.5 Å². The van der Waals surface area contributed by atoms with Crippen molar-refractivity contribution in [2.75, 3.05) is 33.0 Å². The van der Waals surface area contributed by atoms with E-state index in [-0.39, 0.29) is 25.6 Å². The highest BCUT2D eigenvalue weighted by Crippen LogP contribution is 2.26. The molecule has 2 heterocycles. The first-order chi connectivity index (χ1) is 33.1. The van der Waals surface area contributed by atoms with Crippen molar-refractivity contribution in [3.8, 4) is 0 Å². The molecule has 0 aromatic carbocycles. The minimum atomic E-state index is -1.71. The van der Waals surface area contributed by atoms with E-state index < -0.39 is 80.7 Å². The molecule has 0 aliphatic carbocycles. The van der Waals surface area contributed by atoms with E-state index in [2.05, 4.69) is 50.3 Å². The number of unbranched alkanes of at least 4 members (excludes halogenated alkanes) is 23. The lowest BCUT2D eigenvalue weighted by Gasteiger charge is -2.42. The van der Waals surface area contributed by atoms with Crippen LogP contribution in [0.4, 0.5) is 0 Å². The van der Waals surface area contributed by atoms with Crippen molar-refractivity contribution in [3.05, 3.63) is 36.5 Å². The van der Waals surface area contributed by atoms with Crippen molar-refractivity contribution in [3.63, 3.8) is 0 Å². The van der Waals surface area contributed by atoms with Crippen molar-refractivity contribution in [2.45, 2.75) is 268 Å². The smallest absolute Gasteiger partial charge is 0.306 e. The van der Waals surface area contributed by atoms with E-state index in [1.165, 1.54) is 109 Å². The summed E-state index contributed by atoms with van der Waals surface area (Å²) in [6, 6.07) is 0. The summed E-state index contributed by atoms with van der Waals surface area (Å²) in [5.41, 5.74) is 0. The fraction of sp³-hybridized carbons (Fsp3) is 0.870. The first kappa shape index (κ1) is 62.3. The third-order valence-corrected chi connectivity index (χ3v) is 12.9. The molecule has 11 atom stereocenters. The Morgan fingerprint density at radius 1 is 0.485 bits per heavy atom. The number of carbonyl (C=O) groups is 1. The summed E-state index contributed by atoms with van der Waals surface area (Å²) in [6.45, 7) is 3.64. The van der Waals surface area contributed by atoms with Crippen LogP contribution >= 0.6 is 0 Å². The molecule has 0 spiro atoms. The molecule has 14 heteroatoms. The number of allylic oxidation sites excluding steroid dienone is 6. The van der Waals surface area contributed by atoms with Crippen LogP contribution in [0.5, 0.6) is 0 Å². The molecule has 0 saturated carbocycles. The minimum absolute atomic E-state index is 0.0535. The zero-order chi connectivity index (χ0) is 49.5. The van der Waals surface area contributed by atoms with Gasteiger partial charge in [0.1, 0.15) is 54.9 Å². The summed E-state index contributed by atoms with van der Waals surface area (Å²) in [4.78, 5) is 13.0. The number of aliphatic hydroxyl groups is 7. The number of ether oxygens (including phenoxy) is 6. The molecule has 398 valence electrons. The highest BCUT2D eigenvalue weighted by atomic mass is 16.7. The second-order valence-electron chi connectivity index (χ2n) is 19.0. The van der Waals surface area contributed by atoms with Gasteiger partial charge >= 0.3 is 5.97 Å². The van der Waals surface area contributed by atoms with Gasteiger partial charge in [-0.3, -0.25) is 4.79 Å². The van der Waals surface area contributed by atoms with Crippen molar-refractivity contribution in [2.24, 2.45) is 0 Å². The van der Waals surface area contributed by atoms with E-state index in [0.29, 0.717) is 13.0 Å². The average Bonchev–Trinajstić information content (AvgIpc) is 3.33. The third-order valence-electron chi connectivity index (χ3n) is 12.9. The van der Waals surface area contributed by atoms with Crippen molar-refractivity contribution in [1.82, 2.24) is 0 Å². The molecule has 68 heavy (non-hydrogen) atoms. The Labute approximate surface area is 410 Å². The van der Waals surface area contributed by atoms with Crippen molar-refractivity contribution >= 4 is 5.97 Å². The topological polar surface area (TPSA) is 214 Å². The van der Waals surface area contributed by atoms with Gasteiger partial charge in [-0.15, -0.1) is 0 Å². The van der Waals surface area contributed by atoms with Gasteiger partial charge in [-0.25, -0.2) is 0 Å². The lowest BCUT2D eigenvalue weighted by atomic mass is 9.98. The molecule has 2 aliphatic heterocycles. The van der Waals surface area contributed by atoms with Gasteiger partial charge in [-0.1, -0.05) is 159 Å². The lowest BCUT2D eigenvalue weighted by Crippen LogP contribution is -2.61. The second kappa shape index (κ2) is 41.8. The first-order valence-corrected chi connectivity index (χ1v) is 27.1. The van der Waals surface area contributed by atoms with Crippen LogP contribution in [0.3, 0.4) is 0 Å². The van der Waals surface area contributed by atoms with E-state index >= 15 is 0 Å². The molecule has 14 nitrogen and oxygen atoms in total. The largest absolute Gasteiger partial charge is 0.457 e. The van der Waals surface area contributed by atoms with Crippen LogP contribution in [0.25, 0.3) is 0 Å². The van der Waals surface area contributed by atoms with E-state index in [0.717, 1.165) is 64.2 Å². The van der Waals surface area contributed by atoms with Crippen LogP contribution in [0.1, 0.15) is 200 Å². The second-order valence-corrected chi connectivity index (χ2v) is 19.0. The van der Waals surface area contributed by atoms with Crippen molar-refractivity contribution < 1.29 is 69.0 Å². The van der Waals surface area contributed by atoms with Gasteiger partial charge in [0.15, 0.2) is 12.6 Å². The number of carbonyl (C=O) groups excluding carboxylic acids is 1. The van der Waals surface area contributed by atoms with Crippen molar-refractivity contribution in [1.29, 1.82) is 0 Å². The number of hydrogen-bond donors (Lipinski definition) is 7. The fourth-order valence-electron chi connectivity index (χ4n) is 8.43. The molecule has 2 saturated heterocycles. The molecule has 0 aromatic rings. The van der Waals surface area contributed by atoms with Gasteiger partial charge in [-0.2, -0.15) is 0 Å². The standard InChI is InChI=1S/C54H98O14/c1-3-5-7-9-11-13-15-17-19-21-22-23-25-27-29-31-33-35-37-46(56)66-43(40-63-38-36-34-32-30-28-26-24-20-18-16-14-12-10-8-6-4-2)41-64-53-52(62)50(60)48(58)45(68-53)42-65-54-51(61)49(59)47(57)44(39-55)67-54/h12,14,18-21,43-45,47-55,57-62H,3-11,13,15-17,22-42H2,1-2H3/b14-12-,20-18-,21-19-. The minimum Gasteiger partial charge on any atom is -0.457 e. The van der Waals surface area contributed by atoms with Crippen LogP contribution in [0.2, 0.25) is 0 Å². The Kier molecular flexibility index (Phi) is 38.3. The number of rotatable bonds is 43. The van der Waals surface area contributed by atoms with Gasteiger partial charge in [-0.05, 0) is 70.6 Å². The predicted octanol–water partition coefficient (Wildman–Crippen LogP) is 8.58. The van der Waals surface area contributed by atoms with Gasteiger partial charge in [0.05, 0.1) is 26.4 Å². The maximum absolute atomic E-state index is 13.0. The normalized spacial score (nSPS) is 26.1. The predicted molar refractivity (Wildman–Crippen MR) is 266 cm³/mol. The van der Waals surface area contributed by atoms with Gasteiger partial charge in [0, 0.05) is 13.0 Å². The fourth-order valence-corrected chi connectivity index (χ4v) is 8.43. The molecule has 2 fully saturated rings. The highest BCUT2D eigenvalue weighted by Gasteiger charge is 2.47. The molecule has 0 aromatic heterocycles. The number of aliphatic hydroxyl groups excluding tert-OH is 7. The van der Waals surface area contributed by atoms with Crippen LogP contribution < -0.4 is 0 Å².